The summed E-state index contributed by atoms with van der Waals surface area (Å²) in [5.74, 6) is -0.458. The molecule has 1 N–H and O–H groups in total. The number of rotatable bonds is 5. The van der Waals surface area contributed by atoms with Crippen molar-refractivity contribution in [2.75, 3.05) is 37.8 Å². The number of carbonyl (C=O) groups is 2. The van der Waals surface area contributed by atoms with Gasteiger partial charge < -0.3 is 14.7 Å². The number of amides is 2. The number of hydrogen-bond acceptors (Lipinski definition) is 4. The average Bonchev–Trinajstić information content (AvgIpc) is 2.77. The highest BCUT2D eigenvalue weighted by molar-refractivity contribution is 6.31. The van der Waals surface area contributed by atoms with Crippen LogP contribution >= 0.6 is 11.6 Å². The summed E-state index contributed by atoms with van der Waals surface area (Å²) in [6.07, 6.45) is -4.67. The molecule has 0 spiro atoms. The number of anilines is 1. The molecule has 0 aliphatic carbocycles. The number of aliphatic hydroxyl groups excluding tert-OH is 1. The van der Waals surface area contributed by atoms with E-state index < -0.39 is 35.2 Å². The van der Waals surface area contributed by atoms with Crippen molar-refractivity contribution in [3.8, 4) is 0 Å². The predicted octanol–water partition coefficient (Wildman–Crippen LogP) is 3.99. The third-order valence-corrected chi connectivity index (χ3v) is 5.17. The molecule has 1 fully saturated rings. The van der Waals surface area contributed by atoms with E-state index in [2.05, 4.69) is 0 Å². The minimum atomic E-state index is -4.67. The number of nitrogens with zero attached hydrogens (tertiary/aromatic N) is 2. The van der Waals surface area contributed by atoms with Gasteiger partial charge in [-0.15, -0.1) is 0 Å². The van der Waals surface area contributed by atoms with Gasteiger partial charge in [0.25, 0.3) is 0 Å². The molecule has 2 amide bonds. The minimum Gasteiger partial charge on any atom is -0.388 e. The summed E-state index contributed by atoms with van der Waals surface area (Å²) < 4.78 is 45.3. The summed E-state index contributed by atoms with van der Waals surface area (Å²) in [4.78, 5) is 27.5. The first-order valence-electron chi connectivity index (χ1n) is 9.44. The molecule has 3 rings (SSSR count). The Morgan fingerprint density at radius 2 is 1.74 bits per heavy atom. The molecule has 31 heavy (non-hydrogen) atoms. The fourth-order valence-electron chi connectivity index (χ4n) is 3.16. The van der Waals surface area contributed by atoms with Crippen molar-refractivity contribution in [2.24, 2.45) is 0 Å². The molecule has 166 valence electrons. The summed E-state index contributed by atoms with van der Waals surface area (Å²) in [5.41, 5.74) is -0.0955. The first-order chi connectivity index (χ1) is 14.7. The third kappa shape index (κ3) is 5.55. The lowest BCUT2D eigenvalue weighted by atomic mass is 10.1. The number of aliphatic hydroxyl groups is 1. The van der Waals surface area contributed by atoms with Gasteiger partial charge in [-0.2, -0.15) is 13.2 Å². The normalized spacial score (nSPS) is 14.4. The van der Waals surface area contributed by atoms with Crippen molar-refractivity contribution in [3.63, 3.8) is 0 Å². The Morgan fingerprint density at radius 3 is 2.32 bits per heavy atom. The van der Waals surface area contributed by atoms with Crippen LogP contribution in [0.25, 0.3) is 0 Å². The zero-order valence-corrected chi connectivity index (χ0v) is 17.1. The van der Waals surface area contributed by atoms with Crippen molar-refractivity contribution >= 4 is 29.1 Å². The second-order valence-corrected chi connectivity index (χ2v) is 7.32. The van der Waals surface area contributed by atoms with Crippen LogP contribution in [-0.4, -0.2) is 54.7 Å². The molecule has 10 heteroatoms. The summed E-state index contributed by atoms with van der Waals surface area (Å²) >= 11 is 5.73. The van der Waals surface area contributed by atoms with Crippen molar-refractivity contribution < 1.29 is 32.6 Å². The highest BCUT2D eigenvalue weighted by Gasteiger charge is 2.34. The van der Waals surface area contributed by atoms with Gasteiger partial charge >= 0.3 is 12.2 Å². The van der Waals surface area contributed by atoms with Gasteiger partial charge in [-0.3, -0.25) is 9.69 Å². The monoisotopic (exact) mass is 456 g/mol. The fraction of sp³-hybridized carbons (Fsp3) is 0.333. The van der Waals surface area contributed by atoms with E-state index in [9.17, 15) is 22.8 Å². The Labute approximate surface area is 181 Å². The standard InChI is InChI=1S/C21H20ClF3N2O4/c22-18-6-5-16(11-17(18)21(23,24)25)27(20(30)26-7-9-31-10-8-26)12-14-1-3-15(4-2-14)19(29)13-28/h1-6,11,28H,7-10,12-13H2. The lowest BCUT2D eigenvalue weighted by molar-refractivity contribution is -0.137. The van der Waals surface area contributed by atoms with Gasteiger partial charge in [0.05, 0.1) is 30.3 Å². The van der Waals surface area contributed by atoms with Crippen LogP contribution in [0.2, 0.25) is 5.02 Å². The number of halogens is 4. The van der Waals surface area contributed by atoms with Gasteiger partial charge in [0.15, 0.2) is 5.78 Å². The summed E-state index contributed by atoms with van der Waals surface area (Å²) in [6, 6.07) is 9.02. The maximum absolute atomic E-state index is 13.4. The molecule has 6 nitrogen and oxygen atoms in total. The highest BCUT2D eigenvalue weighted by atomic mass is 35.5. The van der Waals surface area contributed by atoms with Gasteiger partial charge in [-0.25, -0.2) is 4.79 Å². The third-order valence-electron chi connectivity index (χ3n) is 4.84. The summed E-state index contributed by atoms with van der Waals surface area (Å²) in [6.45, 7) is 0.657. The minimum absolute atomic E-state index is 0.0251. The number of alkyl halides is 3. The van der Waals surface area contributed by atoms with Gasteiger partial charge in [-0.1, -0.05) is 35.9 Å². The van der Waals surface area contributed by atoms with Gasteiger partial charge in [0.1, 0.15) is 6.61 Å². The molecule has 0 aromatic heterocycles. The van der Waals surface area contributed by atoms with E-state index in [1.165, 1.54) is 28.0 Å². The number of ketones is 1. The number of benzene rings is 2. The molecule has 2 aromatic rings. The van der Waals surface area contributed by atoms with E-state index in [0.717, 1.165) is 12.1 Å². The highest BCUT2D eigenvalue weighted by Crippen LogP contribution is 2.37. The molecule has 1 aliphatic heterocycles. The van der Waals surface area contributed by atoms with Crippen LogP contribution in [0, 0.1) is 0 Å². The number of morpholine rings is 1. The molecule has 1 saturated heterocycles. The Hall–Kier alpha value is -2.62. The lowest BCUT2D eigenvalue weighted by Crippen LogP contribution is -2.48. The fourth-order valence-corrected chi connectivity index (χ4v) is 3.39. The SMILES string of the molecule is O=C(CO)c1ccc(CN(C(=O)N2CCOCC2)c2ccc(Cl)c(C(F)(F)F)c2)cc1. The van der Waals surface area contributed by atoms with E-state index >= 15 is 0 Å². The maximum atomic E-state index is 13.4. The first-order valence-corrected chi connectivity index (χ1v) is 9.82. The quantitative estimate of drug-likeness (QED) is 0.691. The van der Waals surface area contributed by atoms with Gasteiger partial charge in [-0.05, 0) is 23.8 Å². The van der Waals surface area contributed by atoms with E-state index in [1.54, 1.807) is 12.1 Å². The van der Waals surface area contributed by atoms with Crippen LogP contribution < -0.4 is 4.90 Å². The van der Waals surface area contributed by atoms with Crippen LogP contribution in [0.1, 0.15) is 21.5 Å². The van der Waals surface area contributed by atoms with Crippen molar-refractivity contribution in [3.05, 3.63) is 64.2 Å². The van der Waals surface area contributed by atoms with E-state index in [1.807, 2.05) is 0 Å². The van der Waals surface area contributed by atoms with Crippen molar-refractivity contribution in [2.45, 2.75) is 12.7 Å². The van der Waals surface area contributed by atoms with E-state index in [0.29, 0.717) is 37.4 Å². The number of carbonyl (C=O) groups excluding carboxylic acids is 2. The Balaban J connectivity index is 1.95. The van der Waals surface area contributed by atoms with Crippen LogP contribution in [0.3, 0.4) is 0 Å². The van der Waals surface area contributed by atoms with Crippen LogP contribution in [0.4, 0.5) is 23.7 Å². The maximum Gasteiger partial charge on any atom is 0.417 e. The first kappa shape index (κ1) is 23.1. The largest absolute Gasteiger partial charge is 0.417 e. The lowest BCUT2D eigenvalue weighted by Gasteiger charge is -2.33. The molecule has 0 unspecified atom stereocenters. The number of hydrogen-bond donors (Lipinski definition) is 1. The molecule has 1 heterocycles. The second-order valence-electron chi connectivity index (χ2n) is 6.91. The molecule has 0 atom stereocenters. The summed E-state index contributed by atoms with van der Waals surface area (Å²) in [5, 5.41) is 8.51. The molecule has 0 saturated carbocycles. The summed E-state index contributed by atoms with van der Waals surface area (Å²) in [7, 11) is 0. The zero-order valence-electron chi connectivity index (χ0n) is 16.4. The molecule has 2 aromatic carbocycles. The molecule has 0 bridgehead atoms. The predicted molar refractivity (Wildman–Crippen MR) is 108 cm³/mol. The van der Waals surface area contributed by atoms with Gasteiger partial charge in [0, 0.05) is 24.3 Å². The van der Waals surface area contributed by atoms with Crippen molar-refractivity contribution in [1.82, 2.24) is 4.90 Å². The molecular weight excluding hydrogens is 437 g/mol. The Kier molecular flexibility index (Phi) is 7.19. The molecule has 0 radical (unpaired) electrons. The van der Waals surface area contributed by atoms with Gasteiger partial charge in [0.2, 0.25) is 0 Å². The number of ether oxygens (including phenoxy) is 1. The number of Topliss-reactive ketones (excluding diaryl/α,β-unsaturated/α-hetero) is 1. The van der Waals surface area contributed by atoms with Crippen LogP contribution in [0.5, 0.6) is 0 Å². The molecular formula is C21H20ClF3N2O4. The number of urea groups is 1. The van der Waals surface area contributed by atoms with Crippen molar-refractivity contribution in [1.29, 1.82) is 0 Å². The molecule has 1 aliphatic rings. The Morgan fingerprint density at radius 1 is 1.10 bits per heavy atom. The van der Waals surface area contributed by atoms with Crippen LogP contribution in [0.15, 0.2) is 42.5 Å². The van der Waals surface area contributed by atoms with E-state index in [-0.39, 0.29) is 12.2 Å². The Bertz CT molecular complexity index is 945. The average molecular weight is 457 g/mol. The smallest absolute Gasteiger partial charge is 0.388 e. The van der Waals surface area contributed by atoms with E-state index in [4.69, 9.17) is 21.4 Å². The topological polar surface area (TPSA) is 70.1 Å². The van der Waals surface area contributed by atoms with Crippen LogP contribution in [-0.2, 0) is 17.5 Å². The zero-order chi connectivity index (χ0) is 22.6. The second kappa shape index (κ2) is 9.67.